The molecule has 3 aliphatic rings. The molecule has 2 aliphatic carbocycles. The number of nitrogens with zero attached hydrogens (tertiary/aromatic N) is 2. The minimum Gasteiger partial charge on any atom is -0.480 e. The summed E-state index contributed by atoms with van der Waals surface area (Å²) in [6.45, 7) is 0.598. The van der Waals surface area contributed by atoms with Crippen molar-refractivity contribution in [3.8, 4) is 5.88 Å². The summed E-state index contributed by atoms with van der Waals surface area (Å²) in [7, 11) is 0. The van der Waals surface area contributed by atoms with Gasteiger partial charge in [0.05, 0.1) is 5.69 Å². The van der Waals surface area contributed by atoms with E-state index in [0.29, 0.717) is 48.5 Å². The van der Waals surface area contributed by atoms with Crippen molar-refractivity contribution in [3.63, 3.8) is 0 Å². The number of ether oxygens (including phenoxy) is 1. The number of allylic oxidation sites excluding steroid dienone is 4. The van der Waals surface area contributed by atoms with Crippen molar-refractivity contribution in [1.29, 1.82) is 0 Å². The Hall–Kier alpha value is -3.11. The Labute approximate surface area is 229 Å². The van der Waals surface area contributed by atoms with Crippen LogP contribution in [0.3, 0.4) is 0 Å². The van der Waals surface area contributed by atoms with Gasteiger partial charge in [-0.3, -0.25) is 4.79 Å². The molecule has 0 radical (unpaired) electrons. The summed E-state index contributed by atoms with van der Waals surface area (Å²) < 4.78 is 48.9. The average molecular weight is 563 g/mol. The second-order valence-electron chi connectivity index (χ2n) is 10.6. The minimum atomic E-state index is -4.73. The van der Waals surface area contributed by atoms with Gasteiger partial charge in [-0.1, -0.05) is 29.8 Å². The number of rotatable bonds is 6. The molecule has 1 spiro atoms. The molecule has 4 N–H and O–H groups in total. The van der Waals surface area contributed by atoms with Crippen LogP contribution in [0.1, 0.15) is 74.3 Å². The Balaban J connectivity index is 1.43. The summed E-state index contributed by atoms with van der Waals surface area (Å²) in [5.74, 6) is -1.33. The van der Waals surface area contributed by atoms with Crippen LogP contribution in [0.5, 0.6) is 5.88 Å². The summed E-state index contributed by atoms with van der Waals surface area (Å²) in [5.41, 5.74) is 8.20. The number of nitrogen functional groups attached to an aromatic ring is 1. The highest BCUT2D eigenvalue weighted by Crippen LogP contribution is 2.45. The van der Waals surface area contributed by atoms with Gasteiger partial charge in [-0.15, -0.1) is 0 Å². The molecule has 1 aliphatic heterocycles. The Morgan fingerprint density at radius 3 is 2.64 bits per heavy atom. The van der Waals surface area contributed by atoms with E-state index < -0.39 is 24.3 Å². The second kappa shape index (κ2) is 10.8. The number of nitrogens with one attached hydrogen (secondary N) is 1. The zero-order valence-corrected chi connectivity index (χ0v) is 22.0. The molecule has 1 aromatic carbocycles. The van der Waals surface area contributed by atoms with Crippen molar-refractivity contribution < 1.29 is 27.8 Å². The summed E-state index contributed by atoms with van der Waals surface area (Å²) >= 11 is 6.19. The Bertz CT molecular complexity index is 1330. The molecular weight excluding hydrogens is 533 g/mol. The standard InChI is InChI=1S/C28H30ClF3N4O3/c29-18-6-7-19(20(12-18)16-4-2-1-3-5-16)24(28(30,31)32)39-23-13-21(35-26(33)36-23)17-8-10-27(11-9-17)14-22(25(37)38)34-15-27/h4,6-8,12-13,22,24,34H,1-3,5,9-11,14-15H2,(H,37,38)(H2,33,35,36)/t22?,24-,27?/m1/s1. The van der Waals surface area contributed by atoms with Gasteiger partial charge in [0.15, 0.2) is 0 Å². The van der Waals surface area contributed by atoms with Crippen LogP contribution in [0, 0.1) is 5.41 Å². The van der Waals surface area contributed by atoms with E-state index in [4.69, 9.17) is 22.1 Å². The number of nitrogens with two attached hydrogens (primary N) is 1. The molecule has 7 nitrogen and oxygen atoms in total. The topological polar surface area (TPSA) is 110 Å². The maximum absolute atomic E-state index is 14.4. The van der Waals surface area contributed by atoms with E-state index in [2.05, 4.69) is 15.3 Å². The van der Waals surface area contributed by atoms with E-state index in [0.717, 1.165) is 36.8 Å². The molecule has 1 fully saturated rings. The number of hydrogen-bond donors (Lipinski definition) is 3. The predicted molar refractivity (Wildman–Crippen MR) is 142 cm³/mol. The van der Waals surface area contributed by atoms with Crippen molar-refractivity contribution in [2.24, 2.45) is 5.41 Å². The number of aliphatic carboxylic acids is 1. The van der Waals surface area contributed by atoms with E-state index in [1.54, 1.807) is 6.07 Å². The molecule has 3 atom stereocenters. The third kappa shape index (κ3) is 6.06. The van der Waals surface area contributed by atoms with Gasteiger partial charge in [0.2, 0.25) is 17.9 Å². The molecular formula is C28H30ClF3N4O3. The first-order valence-electron chi connectivity index (χ1n) is 13.1. The van der Waals surface area contributed by atoms with Crippen LogP contribution in [0.4, 0.5) is 19.1 Å². The number of carboxylic acids is 1. The average Bonchev–Trinajstić information content (AvgIpc) is 3.31. The van der Waals surface area contributed by atoms with E-state index >= 15 is 0 Å². The lowest BCUT2D eigenvalue weighted by atomic mass is 9.73. The van der Waals surface area contributed by atoms with Gasteiger partial charge in [-0.2, -0.15) is 18.2 Å². The normalized spacial score (nSPS) is 24.3. The Morgan fingerprint density at radius 1 is 1.18 bits per heavy atom. The lowest BCUT2D eigenvalue weighted by Gasteiger charge is -2.32. The van der Waals surface area contributed by atoms with E-state index in [1.165, 1.54) is 18.2 Å². The third-order valence-electron chi connectivity index (χ3n) is 7.88. The zero-order chi connectivity index (χ0) is 27.8. The van der Waals surface area contributed by atoms with E-state index in [9.17, 15) is 23.1 Å². The van der Waals surface area contributed by atoms with Crippen LogP contribution in [0.2, 0.25) is 5.02 Å². The van der Waals surface area contributed by atoms with Crippen molar-refractivity contribution in [1.82, 2.24) is 15.3 Å². The smallest absolute Gasteiger partial charge is 0.429 e. The molecule has 208 valence electrons. The summed E-state index contributed by atoms with van der Waals surface area (Å²) in [5, 5.41) is 12.7. The van der Waals surface area contributed by atoms with Gasteiger partial charge in [-0.25, -0.2) is 4.98 Å². The fraction of sp³-hybridized carbons (Fsp3) is 0.464. The van der Waals surface area contributed by atoms with Crippen LogP contribution in [0.15, 0.2) is 36.4 Å². The maximum Gasteiger partial charge on any atom is 0.429 e. The molecule has 2 heterocycles. The van der Waals surface area contributed by atoms with Gasteiger partial charge in [0.25, 0.3) is 0 Å². The first-order valence-corrected chi connectivity index (χ1v) is 13.4. The maximum atomic E-state index is 14.4. The number of carbonyl (C=O) groups is 1. The molecule has 39 heavy (non-hydrogen) atoms. The van der Waals surface area contributed by atoms with Crippen molar-refractivity contribution in [3.05, 3.63) is 58.3 Å². The number of anilines is 1. The fourth-order valence-electron chi connectivity index (χ4n) is 5.83. The highest BCUT2D eigenvalue weighted by Gasteiger charge is 2.45. The Morgan fingerprint density at radius 2 is 2.00 bits per heavy atom. The second-order valence-corrected chi connectivity index (χ2v) is 11.0. The number of carboxylic acid groups (broad SMARTS) is 1. The highest BCUT2D eigenvalue weighted by molar-refractivity contribution is 6.30. The molecule has 1 aromatic heterocycles. The largest absolute Gasteiger partial charge is 0.480 e. The molecule has 0 saturated carbocycles. The number of aromatic nitrogens is 2. The molecule has 5 rings (SSSR count). The van der Waals surface area contributed by atoms with Gasteiger partial charge in [0.1, 0.15) is 6.04 Å². The first kappa shape index (κ1) is 27.5. The van der Waals surface area contributed by atoms with Crippen LogP contribution in [0.25, 0.3) is 11.1 Å². The molecule has 11 heteroatoms. The van der Waals surface area contributed by atoms with Crippen LogP contribution in [-0.2, 0) is 4.79 Å². The number of alkyl halides is 3. The monoisotopic (exact) mass is 562 g/mol. The number of hydrogen-bond acceptors (Lipinski definition) is 6. The van der Waals surface area contributed by atoms with Crippen molar-refractivity contribution in [2.75, 3.05) is 12.3 Å². The van der Waals surface area contributed by atoms with Gasteiger partial charge in [-0.05, 0) is 85.6 Å². The lowest BCUT2D eigenvalue weighted by Crippen LogP contribution is -2.30. The fourth-order valence-corrected chi connectivity index (χ4v) is 6.00. The summed E-state index contributed by atoms with van der Waals surface area (Å²) in [6.07, 6.45) is 2.75. The van der Waals surface area contributed by atoms with Crippen LogP contribution >= 0.6 is 11.6 Å². The van der Waals surface area contributed by atoms with E-state index in [1.807, 2.05) is 12.2 Å². The minimum absolute atomic E-state index is 0.0284. The number of halogens is 4. The van der Waals surface area contributed by atoms with Gasteiger partial charge >= 0.3 is 12.1 Å². The lowest BCUT2D eigenvalue weighted by molar-refractivity contribution is -0.198. The molecule has 0 bridgehead atoms. The van der Waals surface area contributed by atoms with Crippen molar-refractivity contribution in [2.45, 2.75) is 69.7 Å². The van der Waals surface area contributed by atoms with Crippen LogP contribution in [-0.4, -0.2) is 39.8 Å². The highest BCUT2D eigenvalue weighted by atomic mass is 35.5. The summed E-state index contributed by atoms with van der Waals surface area (Å²) in [4.78, 5) is 19.6. The number of benzene rings is 1. The molecule has 2 unspecified atom stereocenters. The van der Waals surface area contributed by atoms with Crippen molar-refractivity contribution >= 4 is 34.7 Å². The molecule has 2 aromatic rings. The zero-order valence-electron chi connectivity index (χ0n) is 21.2. The van der Waals surface area contributed by atoms with Gasteiger partial charge < -0.3 is 20.9 Å². The van der Waals surface area contributed by atoms with E-state index in [-0.39, 0.29) is 22.8 Å². The first-order chi connectivity index (χ1) is 18.5. The quantitative estimate of drug-likeness (QED) is 0.376. The Kier molecular flexibility index (Phi) is 7.61. The molecule has 0 amide bonds. The summed E-state index contributed by atoms with van der Waals surface area (Å²) in [6, 6.07) is 5.17. The SMILES string of the molecule is Nc1nc(O[C@H](c2ccc(Cl)cc2C2=CCCCC2)C(F)(F)F)cc(C2=CCC3(CC2)CNC(C(=O)O)C3)n1. The van der Waals surface area contributed by atoms with Crippen LogP contribution < -0.4 is 15.8 Å². The predicted octanol–water partition coefficient (Wildman–Crippen LogP) is 6.35. The van der Waals surface area contributed by atoms with Gasteiger partial charge in [0, 0.05) is 23.2 Å². The third-order valence-corrected chi connectivity index (χ3v) is 8.12. The molecule has 1 saturated heterocycles.